The van der Waals surface area contributed by atoms with E-state index in [1.165, 1.54) is 5.56 Å². The fourth-order valence-corrected chi connectivity index (χ4v) is 2.69. The molecule has 96 valence electrons. The van der Waals surface area contributed by atoms with Crippen LogP contribution in [0, 0.1) is 6.92 Å². The third-order valence-electron chi connectivity index (χ3n) is 3.09. The van der Waals surface area contributed by atoms with Gasteiger partial charge >= 0.3 is 0 Å². The Bertz CT molecular complexity index is 610. The molecule has 1 heterocycles. The summed E-state index contributed by atoms with van der Waals surface area (Å²) in [6.07, 6.45) is 0. The molecule has 2 aromatic rings. The molecule has 1 aromatic carbocycles. The molecule has 18 heavy (non-hydrogen) atoms. The highest BCUT2D eigenvalue weighted by Crippen LogP contribution is 2.19. The molecular weight excluding hydrogens is 292 g/mol. The average molecular weight is 309 g/mol. The molecule has 3 nitrogen and oxygen atoms in total. The Morgan fingerprint density at radius 2 is 2.00 bits per heavy atom. The van der Waals surface area contributed by atoms with Crippen molar-refractivity contribution in [1.82, 2.24) is 9.78 Å². The van der Waals surface area contributed by atoms with Gasteiger partial charge in [0.05, 0.1) is 12.2 Å². The number of aromatic amines is 1. The number of benzene rings is 1. The molecule has 0 radical (unpaired) electrons. The van der Waals surface area contributed by atoms with Crippen molar-refractivity contribution in [2.24, 2.45) is 0 Å². The number of nitrogens with zero attached hydrogens (tertiary/aromatic N) is 1. The van der Waals surface area contributed by atoms with Crippen molar-refractivity contribution in [3.05, 3.63) is 55.9 Å². The molecule has 1 N–H and O–H groups in total. The van der Waals surface area contributed by atoms with Gasteiger partial charge in [-0.3, -0.25) is 9.89 Å². The molecule has 0 atom stereocenters. The zero-order valence-corrected chi connectivity index (χ0v) is 12.4. The predicted octanol–water partition coefficient (Wildman–Crippen LogP) is 3.42. The third-order valence-corrected chi connectivity index (χ3v) is 3.86. The molecule has 0 amide bonds. The van der Waals surface area contributed by atoms with Crippen LogP contribution < -0.4 is 5.56 Å². The summed E-state index contributed by atoms with van der Waals surface area (Å²) in [6.45, 7) is 6.76. The Kier molecular flexibility index (Phi) is 3.76. The summed E-state index contributed by atoms with van der Waals surface area (Å²) in [5.41, 5.74) is 3.31. The quantitative estimate of drug-likeness (QED) is 0.927. The van der Waals surface area contributed by atoms with E-state index >= 15 is 0 Å². The van der Waals surface area contributed by atoms with Gasteiger partial charge in [-0.1, -0.05) is 38.1 Å². The summed E-state index contributed by atoms with van der Waals surface area (Å²) in [5, 5.41) is 3.18. The minimum atomic E-state index is 0.00181. The van der Waals surface area contributed by atoms with Crippen LogP contribution in [0.1, 0.15) is 36.6 Å². The number of hydrogen-bond acceptors (Lipinski definition) is 1. The number of rotatable bonds is 3. The molecule has 0 aliphatic carbocycles. The monoisotopic (exact) mass is 308 g/mol. The summed E-state index contributed by atoms with van der Waals surface area (Å²) in [4.78, 5) is 12.1. The molecule has 0 saturated carbocycles. The van der Waals surface area contributed by atoms with E-state index in [0.29, 0.717) is 16.9 Å². The molecule has 2 rings (SSSR count). The summed E-state index contributed by atoms with van der Waals surface area (Å²) < 4.78 is 2.30. The van der Waals surface area contributed by atoms with Crippen molar-refractivity contribution in [2.45, 2.75) is 33.2 Å². The van der Waals surface area contributed by atoms with Crippen LogP contribution in [0.15, 0.2) is 33.5 Å². The second-order valence-electron chi connectivity index (χ2n) is 4.81. The van der Waals surface area contributed by atoms with Crippen LogP contribution in [0.4, 0.5) is 0 Å². The first-order valence-electron chi connectivity index (χ1n) is 6.03. The van der Waals surface area contributed by atoms with E-state index in [0.717, 1.165) is 11.3 Å². The van der Waals surface area contributed by atoms with E-state index in [4.69, 9.17) is 0 Å². The van der Waals surface area contributed by atoms with E-state index in [1.54, 1.807) is 4.68 Å². The molecule has 0 unspecified atom stereocenters. The Morgan fingerprint density at radius 3 is 2.56 bits per heavy atom. The fourth-order valence-electron chi connectivity index (χ4n) is 1.93. The van der Waals surface area contributed by atoms with E-state index in [-0.39, 0.29) is 5.56 Å². The maximum absolute atomic E-state index is 12.1. The van der Waals surface area contributed by atoms with Crippen LogP contribution in [-0.2, 0) is 6.54 Å². The second-order valence-corrected chi connectivity index (χ2v) is 5.60. The van der Waals surface area contributed by atoms with Gasteiger partial charge in [0.25, 0.3) is 5.56 Å². The second kappa shape index (κ2) is 5.14. The van der Waals surface area contributed by atoms with E-state index in [9.17, 15) is 4.79 Å². The lowest BCUT2D eigenvalue weighted by Gasteiger charge is -2.06. The summed E-state index contributed by atoms with van der Waals surface area (Å²) in [7, 11) is 0. The largest absolute Gasteiger partial charge is 0.298 e. The standard InChI is InChI=1S/C14H17BrN2O/c1-9(2)13-12(15)14(18)17(16-13)8-11-7-5-4-6-10(11)3/h4-7,9,16H,8H2,1-3H3. The highest BCUT2D eigenvalue weighted by molar-refractivity contribution is 9.10. The average Bonchev–Trinajstić information content (AvgIpc) is 2.60. The number of nitrogens with one attached hydrogen (secondary N) is 1. The minimum Gasteiger partial charge on any atom is -0.298 e. The van der Waals surface area contributed by atoms with E-state index < -0.39 is 0 Å². The van der Waals surface area contributed by atoms with Crippen molar-refractivity contribution in [2.75, 3.05) is 0 Å². The van der Waals surface area contributed by atoms with Crippen molar-refractivity contribution in [1.29, 1.82) is 0 Å². The lowest BCUT2D eigenvalue weighted by molar-refractivity contribution is 0.638. The van der Waals surface area contributed by atoms with Crippen LogP contribution in [0.3, 0.4) is 0 Å². The maximum Gasteiger partial charge on any atom is 0.281 e. The number of aromatic nitrogens is 2. The lowest BCUT2D eigenvalue weighted by atomic mass is 10.1. The minimum absolute atomic E-state index is 0.00181. The fraction of sp³-hybridized carbons (Fsp3) is 0.357. The van der Waals surface area contributed by atoms with Gasteiger partial charge in [0.2, 0.25) is 0 Å². The van der Waals surface area contributed by atoms with Gasteiger partial charge in [-0.15, -0.1) is 0 Å². The molecule has 0 fully saturated rings. The normalized spacial score (nSPS) is 11.2. The summed E-state index contributed by atoms with van der Waals surface area (Å²) in [5.74, 6) is 0.296. The molecule has 1 aromatic heterocycles. The van der Waals surface area contributed by atoms with Crippen molar-refractivity contribution in [3.8, 4) is 0 Å². The summed E-state index contributed by atoms with van der Waals surface area (Å²) in [6, 6.07) is 8.10. The van der Waals surface area contributed by atoms with Gasteiger partial charge in [0.1, 0.15) is 4.47 Å². The van der Waals surface area contributed by atoms with Gasteiger partial charge in [-0.2, -0.15) is 0 Å². The molecule has 0 spiro atoms. The summed E-state index contributed by atoms with van der Waals surface area (Å²) >= 11 is 3.37. The molecule has 0 aliphatic heterocycles. The van der Waals surface area contributed by atoms with Crippen LogP contribution in [0.5, 0.6) is 0 Å². The smallest absolute Gasteiger partial charge is 0.281 e. The number of aryl methyl sites for hydroxylation is 1. The molecule has 0 saturated heterocycles. The molecule has 0 aliphatic rings. The maximum atomic E-state index is 12.1. The van der Waals surface area contributed by atoms with Crippen molar-refractivity contribution < 1.29 is 0 Å². The highest BCUT2D eigenvalue weighted by Gasteiger charge is 2.14. The van der Waals surface area contributed by atoms with Crippen LogP contribution in [0.2, 0.25) is 0 Å². The molecule has 0 bridgehead atoms. The first-order valence-corrected chi connectivity index (χ1v) is 6.82. The Balaban J connectivity index is 2.39. The Labute approximate surface area is 115 Å². The van der Waals surface area contributed by atoms with Gasteiger partial charge < -0.3 is 0 Å². The van der Waals surface area contributed by atoms with Gasteiger partial charge in [-0.05, 0) is 39.9 Å². The van der Waals surface area contributed by atoms with E-state index in [2.05, 4.69) is 47.9 Å². The van der Waals surface area contributed by atoms with Gasteiger partial charge in [0, 0.05) is 0 Å². The van der Waals surface area contributed by atoms with Crippen LogP contribution in [0.25, 0.3) is 0 Å². The Hall–Kier alpha value is -1.29. The van der Waals surface area contributed by atoms with Gasteiger partial charge in [-0.25, -0.2) is 4.68 Å². The topological polar surface area (TPSA) is 37.8 Å². The Morgan fingerprint density at radius 1 is 1.33 bits per heavy atom. The van der Waals surface area contributed by atoms with Gasteiger partial charge in [0.15, 0.2) is 0 Å². The number of H-pyrrole nitrogens is 1. The predicted molar refractivity (Wildman–Crippen MR) is 77.1 cm³/mol. The number of hydrogen-bond donors (Lipinski definition) is 1. The first kappa shape index (κ1) is 13.1. The number of halogens is 1. The zero-order chi connectivity index (χ0) is 13.3. The zero-order valence-electron chi connectivity index (χ0n) is 10.8. The van der Waals surface area contributed by atoms with Crippen LogP contribution >= 0.6 is 15.9 Å². The molecular formula is C14H17BrN2O. The van der Waals surface area contributed by atoms with Crippen LogP contribution in [-0.4, -0.2) is 9.78 Å². The lowest BCUT2D eigenvalue weighted by Crippen LogP contribution is -2.18. The SMILES string of the molecule is Cc1ccccc1Cn1[nH]c(C(C)C)c(Br)c1=O. The highest BCUT2D eigenvalue weighted by atomic mass is 79.9. The third kappa shape index (κ3) is 2.43. The van der Waals surface area contributed by atoms with Crippen molar-refractivity contribution >= 4 is 15.9 Å². The molecule has 4 heteroatoms. The first-order chi connectivity index (χ1) is 8.50. The van der Waals surface area contributed by atoms with E-state index in [1.807, 2.05) is 18.2 Å². The van der Waals surface area contributed by atoms with Crippen molar-refractivity contribution in [3.63, 3.8) is 0 Å².